The Hall–Kier alpha value is -3.94. The molecule has 1 heterocycles. The fraction of sp³-hybridized carbons (Fsp3) is 0.130. The van der Waals surface area contributed by atoms with Crippen molar-refractivity contribution < 1.29 is 9.85 Å². The molecule has 8 heteroatoms. The van der Waals surface area contributed by atoms with E-state index in [4.69, 9.17) is 0 Å². The monoisotopic (exact) mass is 413 g/mol. The summed E-state index contributed by atoms with van der Waals surface area (Å²) < 4.78 is 2.06. The molecule has 154 valence electrons. The van der Waals surface area contributed by atoms with Crippen molar-refractivity contribution in [3.8, 4) is 5.69 Å². The summed E-state index contributed by atoms with van der Waals surface area (Å²) in [6.45, 7) is 3.75. The molecular weight excluding hydrogens is 393 g/mol. The molecule has 0 radical (unpaired) electrons. The van der Waals surface area contributed by atoms with Crippen molar-refractivity contribution in [3.63, 3.8) is 0 Å². The maximum Gasteiger partial charge on any atom is 0.269 e. The van der Waals surface area contributed by atoms with E-state index in [-0.39, 0.29) is 16.3 Å². The number of rotatable bonds is 5. The molecule has 0 bridgehead atoms. The van der Waals surface area contributed by atoms with E-state index < -0.39 is 4.92 Å². The largest absolute Gasteiger partial charge is 0.316 e. The zero-order valence-electron chi connectivity index (χ0n) is 17.5. The Morgan fingerprint density at radius 2 is 1.48 bits per heavy atom. The van der Waals surface area contributed by atoms with Crippen LogP contribution < -0.4 is 5.46 Å². The van der Waals surface area contributed by atoms with Gasteiger partial charge in [-0.25, -0.2) is 0 Å². The third-order valence-electron chi connectivity index (χ3n) is 5.61. The Morgan fingerprint density at radius 1 is 0.839 bits per heavy atom. The summed E-state index contributed by atoms with van der Waals surface area (Å²) >= 11 is 0. The van der Waals surface area contributed by atoms with Gasteiger partial charge in [-0.3, -0.25) is 20.2 Å². The summed E-state index contributed by atoms with van der Waals surface area (Å²) in [4.78, 5) is 21.4. The van der Waals surface area contributed by atoms with Crippen LogP contribution in [-0.2, 0) is 6.42 Å². The molecule has 3 aromatic carbocycles. The van der Waals surface area contributed by atoms with Gasteiger partial charge in [-0.05, 0) is 54.7 Å². The van der Waals surface area contributed by atoms with Gasteiger partial charge in [0.2, 0.25) is 0 Å². The van der Waals surface area contributed by atoms with Crippen molar-refractivity contribution in [1.82, 2.24) is 4.57 Å². The smallest absolute Gasteiger partial charge is 0.269 e. The summed E-state index contributed by atoms with van der Waals surface area (Å²) in [6.07, 6.45) is 2.68. The number of nitro benzene ring substituents is 2. The van der Waals surface area contributed by atoms with Crippen LogP contribution in [0.4, 0.5) is 11.4 Å². The summed E-state index contributed by atoms with van der Waals surface area (Å²) in [6, 6.07) is 16.0. The highest BCUT2D eigenvalue weighted by Gasteiger charge is 2.16. The van der Waals surface area contributed by atoms with Crippen LogP contribution >= 0.6 is 0 Å². The van der Waals surface area contributed by atoms with Crippen LogP contribution in [-0.4, -0.2) is 22.3 Å². The number of aromatic nitrogens is 1. The second kappa shape index (κ2) is 7.72. The van der Waals surface area contributed by atoms with E-state index in [1.165, 1.54) is 12.1 Å². The van der Waals surface area contributed by atoms with E-state index in [9.17, 15) is 20.2 Å². The summed E-state index contributed by atoms with van der Waals surface area (Å²) in [5, 5.41) is 23.3. The molecular formula is C23H20BN3O4. The lowest BCUT2D eigenvalue weighted by atomic mass is 9.93. The molecule has 0 aliphatic carbocycles. The van der Waals surface area contributed by atoms with Crippen LogP contribution in [0.5, 0.6) is 0 Å². The van der Waals surface area contributed by atoms with E-state index in [1.807, 2.05) is 33.8 Å². The second-order valence-electron chi connectivity index (χ2n) is 7.82. The van der Waals surface area contributed by atoms with Crippen molar-refractivity contribution >= 4 is 35.6 Å². The molecule has 4 aromatic rings. The summed E-state index contributed by atoms with van der Waals surface area (Å²) in [5.74, 6) is 0. The van der Waals surface area contributed by atoms with Gasteiger partial charge in [0.25, 0.3) is 11.4 Å². The SMILES string of the molecule is Bc1ccc2c(c1)c(Cc1ccc([N+](=O)[O-])cc1C)cn2-c1ccc([N+](=O)[O-])cc1C. The topological polar surface area (TPSA) is 91.2 Å². The maximum absolute atomic E-state index is 11.1. The molecule has 0 aliphatic rings. The third kappa shape index (κ3) is 3.80. The molecule has 1 aromatic heterocycles. The summed E-state index contributed by atoms with van der Waals surface area (Å²) in [7, 11) is 2.04. The van der Waals surface area contributed by atoms with E-state index >= 15 is 0 Å². The van der Waals surface area contributed by atoms with E-state index in [2.05, 4.69) is 22.9 Å². The van der Waals surface area contributed by atoms with Gasteiger partial charge in [0, 0.05) is 41.5 Å². The average Bonchev–Trinajstić information content (AvgIpc) is 3.06. The van der Waals surface area contributed by atoms with Gasteiger partial charge >= 0.3 is 0 Å². The molecule has 0 unspecified atom stereocenters. The first-order valence-electron chi connectivity index (χ1n) is 9.84. The quantitative estimate of drug-likeness (QED) is 0.282. The van der Waals surface area contributed by atoms with Crippen LogP contribution in [0.25, 0.3) is 16.6 Å². The number of hydrogen-bond donors (Lipinski definition) is 0. The number of benzene rings is 3. The first-order valence-corrected chi connectivity index (χ1v) is 9.84. The standard InChI is InChI=1S/C23H20BN3O4/c1-14-9-19(26(28)29)5-3-16(14)11-17-13-25(23-7-4-18(24)12-21(17)23)22-8-6-20(27(30)31)10-15(22)2/h3-10,12-13H,11,24H2,1-2H3. The van der Waals surface area contributed by atoms with Crippen molar-refractivity contribution in [1.29, 1.82) is 0 Å². The molecule has 0 saturated carbocycles. The first kappa shape index (κ1) is 20.3. The predicted molar refractivity (Wildman–Crippen MR) is 123 cm³/mol. The maximum atomic E-state index is 11.1. The molecule has 7 nitrogen and oxygen atoms in total. The number of non-ortho nitro benzene ring substituents is 2. The van der Waals surface area contributed by atoms with Crippen molar-refractivity contribution in [2.45, 2.75) is 20.3 Å². The number of fused-ring (bicyclic) bond motifs is 1. The van der Waals surface area contributed by atoms with Crippen molar-refractivity contribution in [2.24, 2.45) is 0 Å². The van der Waals surface area contributed by atoms with E-state index in [0.717, 1.165) is 44.3 Å². The Labute approximate surface area is 179 Å². The highest BCUT2D eigenvalue weighted by atomic mass is 16.6. The minimum Gasteiger partial charge on any atom is -0.316 e. The average molecular weight is 413 g/mol. The van der Waals surface area contributed by atoms with Crippen LogP contribution in [0.15, 0.2) is 60.8 Å². The van der Waals surface area contributed by atoms with Gasteiger partial charge in [0.15, 0.2) is 0 Å². The molecule has 0 N–H and O–H groups in total. The first-order chi connectivity index (χ1) is 14.7. The lowest BCUT2D eigenvalue weighted by molar-refractivity contribution is -0.385. The molecule has 0 amide bonds. The number of hydrogen-bond acceptors (Lipinski definition) is 4. The zero-order valence-corrected chi connectivity index (χ0v) is 17.5. The van der Waals surface area contributed by atoms with Crippen molar-refractivity contribution in [3.05, 3.63) is 103 Å². The number of nitrogens with zero attached hydrogens (tertiary/aromatic N) is 3. The molecule has 0 spiro atoms. The minimum atomic E-state index is -0.392. The number of nitro groups is 2. The zero-order chi connectivity index (χ0) is 22.3. The fourth-order valence-electron chi connectivity index (χ4n) is 3.97. The van der Waals surface area contributed by atoms with Crippen molar-refractivity contribution in [2.75, 3.05) is 0 Å². The molecule has 0 aliphatic heterocycles. The Bertz CT molecular complexity index is 1360. The second-order valence-corrected chi connectivity index (χ2v) is 7.82. The normalized spacial score (nSPS) is 11.0. The highest BCUT2D eigenvalue weighted by molar-refractivity contribution is 6.33. The van der Waals surface area contributed by atoms with Gasteiger partial charge < -0.3 is 4.57 Å². The molecule has 0 fully saturated rings. The van der Waals surface area contributed by atoms with Crippen LogP contribution in [0.1, 0.15) is 22.3 Å². The van der Waals surface area contributed by atoms with E-state index in [1.54, 1.807) is 18.2 Å². The summed E-state index contributed by atoms with van der Waals surface area (Å²) in [5.41, 5.74) is 6.96. The number of aryl methyl sites for hydroxylation is 2. The molecule has 4 rings (SSSR count). The Balaban J connectivity index is 1.84. The van der Waals surface area contributed by atoms with Gasteiger partial charge in [0.1, 0.15) is 7.85 Å². The molecule has 31 heavy (non-hydrogen) atoms. The van der Waals surface area contributed by atoms with Gasteiger partial charge in [-0.15, -0.1) is 0 Å². The van der Waals surface area contributed by atoms with Crippen LogP contribution in [0.2, 0.25) is 0 Å². The highest BCUT2D eigenvalue weighted by Crippen LogP contribution is 2.30. The van der Waals surface area contributed by atoms with Gasteiger partial charge in [-0.2, -0.15) is 0 Å². The van der Waals surface area contributed by atoms with Gasteiger partial charge in [0.05, 0.1) is 15.4 Å². The van der Waals surface area contributed by atoms with Gasteiger partial charge in [-0.1, -0.05) is 23.7 Å². The predicted octanol–water partition coefficient (Wildman–Crippen LogP) is 3.91. The lowest BCUT2D eigenvalue weighted by Crippen LogP contribution is -2.01. The molecule has 0 atom stereocenters. The Kier molecular flexibility index (Phi) is 5.06. The third-order valence-corrected chi connectivity index (χ3v) is 5.61. The Morgan fingerprint density at radius 3 is 2.10 bits per heavy atom. The minimum absolute atomic E-state index is 0.0651. The fourth-order valence-corrected chi connectivity index (χ4v) is 3.97. The molecule has 0 saturated heterocycles. The lowest BCUT2D eigenvalue weighted by Gasteiger charge is -2.09. The van der Waals surface area contributed by atoms with Crippen LogP contribution in [0.3, 0.4) is 0 Å². The van der Waals surface area contributed by atoms with E-state index in [0.29, 0.717) is 6.42 Å². The van der Waals surface area contributed by atoms with Crippen LogP contribution in [0, 0.1) is 34.1 Å².